The zero-order valence-corrected chi connectivity index (χ0v) is 23.6. The lowest BCUT2D eigenvalue weighted by Crippen LogP contribution is -2.47. The normalized spacial score (nSPS) is 17.8. The number of carbonyl (C=O) groups is 2. The molecule has 9 heteroatoms. The Morgan fingerprint density at radius 2 is 1.52 bits per heavy atom. The van der Waals surface area contributed by atoms with Crippen LogP contribution in [-0.4, -0.2) is 79.1 Å². The van der Waals surface area contributed by atoms with Crippen LogP contribution in [0, 0.1) is 0 Å². The van der Waals surface area contributed by atoms with Crippen molar-refractivity contribution in [2.24, 2.45) is 0 Å². The highest BCUT2D eigenvalue weighted by molar-refractivity contribution is 7.80. The number of ether oxygens (including phenoxy) is 1. The number of para-hydroxylation sites is 2. The molecule has 2 aliphatic rings. The van der Waals surface area contributed by atoms with Crippen molar-refractivity contribution in [3.05, 3.63) is 84.9 Å². The van der Waals surface area contributed by atoms with Crippen LogP contribution in [0.1, 0.15) is 12.8 Å². The zero-order chi connectivity index (χ0) is 27.9. The van der Waals surface area contributed by atoms with Gasteiger partial charge in [0.2, 0.25) is 5.91 Å². The quantitative estimate of drug-likeness (QED) is 0.374. The maximum absolute atomic E-state index is 13.7. The van der Waals surface area contributed by atoms with Gasteiger partial charge in [-0.2, -0.15) is 0 Å². The van der Waals surface area contributed by atoms with Crippen molar-refractivity contribution in [1.29, 1.82) is 0 Å². The molecule has 1 N–H and O–H groups in total. The number of carbonyl (C=O) groups excluding carboxylic acids is 2. The van der Waals surface area contributed by atoms with Crippen LogP contribution in [-0.2, 0) is 9.59 Å². The Kier molecular flexibility index (Phi) is 8.93. The molecule has 208 valence electrons. The summed E-state index contributed by atoms with van der Waals surface area (Å²) in [6.07, 6.45) is 0.863. The molecule has 2 fully saturated rings. The minimum absolute atomic E-state index is 0.0241. The molecule has 40 heavy (non-hydrogen) atoms. The fourth-order valence-electron chi connectivity index (χ4n) is 5.30. The molecule has 2 amide bonds. The van der Waals surface area contributed by atoms with E-state index in [1.54, 1.807) is 24.1 Å². The second-order valence-corrected chi connectivity index (χ2v) is 10.4. The van der Waals surface area contributed by atoms with Crippen LogP contribution in [0.15, 0.2) is 84.9 Å². The van der Waals surface area contributed by atoms with E-state index in [2.05, 4.69) is 39.4 Å². The van der Waals surface area contributed by atoms with Gasteiger partial charge in [-0.15, -0.1) is 0 Å². The van der Waals surface area contributed by atoms with Gasteiger partial charge < -0.3 is 19.9 Å². The van der Waals surface area contributed by atoms with E-state index in [1.807, 2.05) is 53.4 Å². The number of piperazine rings is 1. The molecule has 2 heterocycles. The number of nitrogens with one attached hydrogen (secondary N) is 1. The predicted octanol–water partition coefficient (Wildman–Crippen LogP) is 4.24. The summed E-state index contributed by atoms with van der Waals surface area (Å²) >= 11 is 5.83. The van der Waals surface area contributed by atoms with Crippen molar-refractivity contribution in [2.45, 2.75) is 18.9 Å². The van der Waals surface area contributed by atoms with Crippen LogP contribution >= 0.6 is 12.2 Å². The number of anilines is 3. The minimum atomic E-state index is -0.659. The SMILES string of the molecule is COc1ccc(N2C(=O)[C@H](CC(=O)Nc3ccccc3)N(CCCN3CCN(c4ccccc4)CC3)C2=S)cc1. The van der Waals surface area contributed by atoms with Crippen LogP contribution in [0.25, 0.3) is 0 Å². The Morgan fingerprint density at radius 3 is 2.17 bits per heavy atom. The molecule has 0 aliphatic carbocycles. The number of benzene rings is 3. The molecule has 3 aromatic rings. The number of hydrogen-bond acceptors (Lipinski definition) is 6. The second kappa shape index (κ2) is 12.9. The topological polar surface area (TPSA) is 68.4 Å². The third-order valence-corrected chi connectivity index (χ3v) is 7.87. The Balaban J connectivity index is 1.23. The van der Waals surface area contributed by atoms with E-state index in [4.69, 9.17) is 17.0 Å². The molecule has 0 unspecified atom stereocenters. The van der Waals surface area contributed by atoms with E-state index in [1.165, 1.54) is 5.69 Å². The van der Waals surface area contributed by atoms with Crippen LogP contribution in [0.2, 0.25) is 0 Å². The number of rotatable bonds is 10. The van der Waals surface area contributed by atoms with E-state index >= 15 is 0 Å². The number of amides is 2. The third kappa shape index (κ3) is 6.43. The average Bonchev–Trinajstić information content (AvgIpc) is 3.22. The van der Waals surface area contributed by atoms with E-state index in [-0.39, 0.29) is 18.2 Å². The molecule has 0 saturated carbocycles. The molecule has 0 spiro atoms. The Labute approximate surface area is 241 Å². The molecule has 0 radical (unpaired) electrons. The molecule has 8 nitrogen and oxygen atoms in total. The summed E-state index contributed by atoms with van der Waals surface area (Å²) in [7, 11) is 1.60. The van der Waals surface area contributed by atoms with Crippen molar-refractivity contribution >= 4 is 46.2 Å². The highest BCUT2D eigenvalue weighted by atomic mass is 32.1. The molecule has 5 rings (SSSR count). The van der Waals surface area contributed by atoms with Crippen molar-refractivity contribution < 1.29 is 14.3 Å². The first kappa shape index (κ1) is 27.6. The Bertz CT molecular complexity index is 1300. The fourth-order valence-corrected chi connectivity index (χ4v) is 5.71. The number of methoxy groups -OCH3 is 1. The maximum Gasteiger partial charge on any atom is 0.256 e. The monoisotopic (exact) mass is 557 g/mol. The highest BCUT2D eigenvalue weighted by Crippen LogP contribution is 2.29. The van der Waals surface area contributed by atoms with Gasteiger partial charge in [0, 0.05) is 44.1 Å². The van der Waals surface area contributed by atoms with Gasteiger partial charge in [-0.1, -0.05) is 36.4 Å². The van der Waals surface area contributed by atoms with E-state index in [9.17, 15) is 9.59 Å². The van der Waals surface area contributed by atoms with Gasteiger partial charge in [0.15, 0.2) is 5.11 Å². The smallest absolute Gasteiger partial charge is 0.256 e. The number of nitrogens with zero attached hydrogens (tertiary/aromatic N) is 4. The van der Waals surface area contributed by atoms with Gasteiger partial charge in [0.05, 0.1) is 19.2 Å². The lowest BCUT2D eigenvalue weighted by molar-refractivity contribution is -0.124. The summed E-state index contributed by atoms with van der Waals surface area (Å²) in [4.78, 5) is 35.0. The van der Waals surface area contributed by atoms with Gasteiger partial charge in [-0.25, -0.2) is 0 Å². The summed E-state index contributed by atoms with van der Waals surface area (Å²) < 4.78 is 5.27. The van der Waals surface area contributed by atoms with Gasteiger partial charge in [-0.3, -0.25) is 19.4 Å². The largest absolute Gasteiger partial charge is 0.497 e. The molecule has 2 saturated heterocycles. The Hall–Kier alpha value is -3.95. The van der Waals surface area contributed by atoms with Crippen LogP contribution in [0.3, 0.4) is 0 Å². The molecule has 0 bridgehead atoms. The number of hydrogen-bond donors (Lipinski definition) is 1. The van der Waals surface area contributed by atoms with Crippen molar-refractivity contribution in [1.82, 2.24) is 9.80 Å². The lowest BCUT2D eigenvalue weighted by atomic mass is 10.1. The van der Waals surface area contributed by atoms with Crippen molar-refractivity contribution in [2.75, 3.05) is 61.5 Å². The highest BCUT2D eigenvalue weighted by Gasteiger charge is 2.44. The molecule has 1 atom stereocenters. The first-order valence-electron chi connectivity index (χ1n) is 13.7. The first-order chi connectivity index (χ1) is 19.5. The van der Waals surface area contributed by atoms with Gasteiger partial charge in [0.1, 0.15) is 11.8 Å². The van der Waals surface area contributed by atoms with Crippen molar-refractivity contribution in [3.8, 4) is 5.75 Å². The van der Waals surface area contributed by atoms with Crippen LogP contribution in [0.5, 0.6) is 5.75 Å². The molecular weight excluding hydrogens is 522 g/mol. The standard InChI is InChI=1S/C31H35N5O3S/c1-39-27-15-13-26(14-16-27)36-30(38)28(23-29(37)32-24-9-4-2-5-10-24)35(31(36)40)18-8-17-33-19-21-34(22-20-33)25-11-6-3-7-12-25/h2-7,9-16,28H,8,17-23H2,1H3,(H,32,37)/t28-/m0/s1. The van der Waals surface area contributed by atoms with E-state index in [0.717, 1.165) is 39.1 Å². The predicted molar refractivity (Wildman–Crippen MR) is 163 cm³/mol. The zero-order valence-electron chi connectivity index (χ0n) is 22.7. The van der Waals surface area contributed by atoms with E-state index in [0.29, 0.717) is 28.8 Å². The lowest BCUT2D eigenvalue weighted by Gasteiger charge is -2.36. The molecule has 2 aliphatic heterocycles. The van der Waals surface area contributed by atoms with Gasteiger partial charge >= 0.3 is 0 Å². The Morgan fingerprint density at radius 1 is 0.875 bits per heavy atom. The molecule has 0 aromatic heterocycles. The summed E-state index contributed by atoms with van der Waals surface area (Å²) in [5.74, 6) is 0.296. The van der Waals surface area contributed by atoms with Crippen molar-refractivity contribution in [3.63, 3.8) is 0 Å². The second-order valence-electron chi connectivity index (χ2n) is 10.00. The summed E-state index contributed by atoms with van der Waals surface area (Å²) in [5, 5.41) is 3.34. The first-order valence-corrected chi connectivity index (χ1v) is 14.1. The summed E-state index contributed by atoms with van der Waals surface area (Å²) in [6, 6.07) is 26.4. The number of thiocarbonyl (C=S) groups is 1. The summed E-state index contributed by atoms with van der Waals surface area (Å²) in [5.41, 5.74) is 2.64. The molecule has 3 aromatic carbocycles. The van der Waals surface area contributed by atoms with Gasteiger partial charge in [-0.05, 0) is 73.7 Å². The fraction of sp³-hybridized carbons (Fsp3) is 0.323. The maximum atomic E-state index is 13.7. The summed E-state index contributed by atoms with van der Waals surface area (Å²) in [6.45, 7) is 5.44. The average molecular weight is 558 g/mol. The third-order valence-electron chi connectivity index (χ3n) is 7.45. The van der Waals surface area contributed by atoms with Gasteiger partial charge in [0.25, 0.3) is 5.91 Å². The minimum Gasteiger partial charge on any atom is -0.497 e. The van der Waals surface area contributed by atoms with E-state index < -0.39 is 6.04 Å². The van der Waals surface area contributed by atoms with Crippen LogP contribution < -0.4 is 19.9 Å². The molecular formula is C31H35N5O3S. The van der Waals surface area contributed by atoms with Crippen LogP contribution in [0.4, 0.5) is 17.1 Å².